The number of hydrogen-bond donors (Lipinski definition) is 1. The van der Waals surface area contributed by atoms with Gasteiger partial charge in [0.25, 0.3) is 0 Å². The normalized spacial score (nSPS) is 25.4. The summed E-state index contributed by atoms with van der Waals surface area (Å²) in [6, 6.07) is 5.90. The SMILES string of the molecule is CC1CCCN(S(=O)(=O)c2cccc(Cl)c2)C1CO. The van der Waals surface area contributed by atoms with Gasteiger partial charge in [-0.2, -0.15) is 4.31 Å². The molecular formula is C13H18ClNO3S. The molecule has 0 aromatic heterocycles. The van der Waals surface area contributed by atoms with Crippen LogP contribution in [0.4, 0.5) is 0 Å². The van der Waals surface area contributed by atoms with Crippen molar-refractivity contribution in [3.63, 3.8) is 0 Å². The van der Waals surface area contributed by atoms with E-state index < -0.39 is 10.0 Å². The summed E-state index contributed by atoms with van der Waals surface area (Å²) >= 11 is 5.86. The zero-order valence-electron chi connectivity index (χ0n) is 10.8. The first-order valence-corrected chi connectivity index (χ1v) is 8.17. The highest BCUT2D eigenvalue weighted by Crippen LogP contribution is 2.29. The minimum absolute atomic E-state index is 0.152. The fraction of sp³-hybridized carbons (Fsp3) is 0.538. The van der Waals surface area contributed by atoms with Crippen molar-refractivity contribution in [2.45, 2.75) is 30.7 Å². The number of halogens is 1. The quantitative estimate of drug-likeness (QED) is 0.930. The molecule has 4 nitrogen and oxygen atoms in total. The van der Waals surface area contributed by atoms with E-state index in [0.717, 1.165) is 12.8 Å². The van der Waals surface area contributed by atoms with Gasteiger partial charge in [0, 0.05) is 11.6 Å². The predicted octanol–water partition coefficient (Wildman–Crippen LogP) is 2.12. The number of aliphatic hydroxyl groups is 1. The van der Waals surface area contributed by atoms with Crippen molar-refractivity contribution in [1.29, 1.82) is 0 Å². The van der Waals surface area contributed by atoms with Gasteiger partial charge in [0.2, 0.25) is 10.0 Å². The Balaban J connectivity index is 2.38. The highest BCUT2D eigenvalue weighted by Gasteiger charge is 2.36. The Bertz CT molecular complexity index is 547. The minimum atomic E-state index is -3.59. The fourth-order valence-corrected chi connectivity index (χ4v) is 4.60. The standard InChI is InChI=1S/C13H18ClNO3S/c1-10-4-3-7-15(13(10)9-16)19(17,18)12-6-2-5-11(14)8-12/h2,5-6,8,10,13,16H,3-4,7,9H2,1H3. The average molecular weight is 304 g/mol. The van der Waals surface area contributed by atoms with Gasteiger partial charge in [-0.1, -0.05) is 24.6 Å². The van der Waals surface area contributed by atoms with Crippen LogP contribution in [0.2, 0.25) is 5.02 Å². The lowest BCUT2D eigenvalue weighted by Crippen LogP contribution is -2.49. The molecule has 1 heterocycles. The zero-order chi connectivity index (χ0) is 14.0. The summed E-state index contributed by atoms with van der Waals surface area (Å²) in [6.45, 7) is 2.27. The molecular weight excluding hydrogens is 286 g/mol. The highest BCUT2D eigenvalue weighted by molar-refractivity contribution is 7.89. The monoisotopic (exact) mass is 303 g/mol. The van der Waals surface area contributed by atoms with Crippen LogP contribution in [0, 0.1) is 5.92 Å². The van der Waals surface area contributed by atoms with E-state index in [-0.39, 0.29) is 23.5 Å². The molecule has 0 amide bonds. The molecule has 19 heavy (non-hydrogen) atoms. The Kier molecular flexibility index (Phi) is 4.50. The van der Waals surface area contributed by atoms with Gasteiger partial charge >= 0.3 is 0 Å². The molecule has 0 spiro atoms. The van der Waals surface area contributed by atoms with Crippen molar-refractivity contribution in [2.75, 3.05) is 13.2 Å². The Morgan fingerprint density at radius 3 is 2.84 bits per heavy atom. The predicted molar refractivity (Wildman–Crippen MR) is 74.6 cm³/mol. The van der Waals surface area contributed by atoms with Crippen LogP contribution >= 0.6 is 11.6 Å². The third kappa shape index (κ3) is 2.94. The lowest BCUT2D eigenvalue weighted by Gasteiger charge is -2.37. The van der Waals surface area contributed by atoms with Gasteiger partial charge in [-0.05, 0) is 37.0 Å². The molecule has 106 valence electrons. The Morgan fingerprint density at radius 1 is 1.47 bits per heavy atom. The van der Waals surface area contributed by atoms with Crippen LogP contribution in [-0.2, 0) is 10.0 Å². The van der Waals surface area contributed by atoms with Gasteiger partial charge in [0.1, 0.15) is 0 Å². The molecule has 1 aliphatic heterocycles. The number of nitrogens with zero attached hydrogens (tertiary/aromatic N) is 1. The third-order valence-corrected chi connectivity index (χ3v) is 5.81. The molecule has 2 unspecified atom stereocenters. The van der Waals surface area contributed by atoms with Crippen LogP contribution in [-0.4, -0.2) is 37.0 Å². The van der Waals surface area contributed by atoms with Gasteiger partial charge < -0.3 is 5.11 Å². The van der Waals surface area contributed by atoms with Crippen LogP contribution in [0.3, 0.4) is 0 Å². The summed E-state index contributed by atoms with van der Waals surface area (Å²) in [4.78, 5) is 0.188. The van der Waals surface area contributed by atoms with Crippen molar-refractivity contribution >= 4 is 21.6 Å². The number of rotatable bonds is 3. The molecule has 6 heteroatoms. The van der Waals surface area contributed by atoms with E-state index in [0.29, 0.717) is 11.6 Å². The Labute approximate surface area is 119 Å². The van der Waals surface area contributed by atoms with Crippen molar-refractivity contribution in [1.82, 2.24) is 4.31 Å². The number of aliphatic hydroxyl groups excluding tert-OH is 1. The second-order valence-corrected chi connectivity index (χ2v) is 7.27. The Morgan fingerprint density at radius 2 is 2.21 bits per heavy atom. The number of benzene rings is 1. The molecule has 2 rings (SSSR count). The van der Waals surface area contributed by atoms with E-state index in [1.807, 2.05) is 6.92 Å². The first-order chi connectivity index (χ1) is 8.96. The molecule has 0 radical (unpaired) electrons. The number of hydrogen-bond acceptors (Lipinski definition) is 3. The summed E-state index contributed by atoms with van der Waals surface area (Å²) in [6.07, 6.45) is 1.75. The second-order valence-electron chi connectivity index (χ2n) is 4.94. The van der Waals surface area contributed by atoms with Crippen molar-refractivity contribution in [3.8, 4) is 0 Å². The molecule has 1 saturated heterocycles. The maximum absolute atomic E-state index is 12.6. The fourth-order valence-electron chi connectivity index (χ4n) is 2.54. The van der Waals surface area contributed by atoms with Crippen LogP contribution in [0.25, 0.3) is 0 Å². The van der Waals surface area contributed by atoms with Crippen molar-refractivity contribution < 1.29 is 13.5 Å². The Hall–Kier alpha value is -0.620. The van der Waals surface area contributed by atoms with Crippen molar-refractivity contribution in [2.24, 2.45) is 5.92 Å². The van der Waals surface area contributed by atoms with Gasteiger partial charge in [0.05, 0.1) is 17.5 Å². The third-order valence-electron chi connectivity index (χ3n) is 3.65. The molecule has 1 aromatic rings. The number of piperidine rings is 1. The molecule has 1 fully saturated rings. The smallest absolute Gasteiger partial charge is 0.243 e. The lowest BCUT2D eigenvalue weighted by atomic mass is 9.93. The van der Waals surface area contributed by atoms with E-state index >= 15 is 0 Å². The summed E-state index contributed by atoms with van der Waals surface area (Å²) in [7, 11) is -3.59. The largest absolute Gasteiger partial charge is 0.395 e. The second kappa shape index (κ2) is 5.79. The van der Waals surface area contributed by atoms with Crippen LogP contribution < -0.4 is 0 Å². The lowest BCUT2D eigenvalue weighted by molar-refractivity contribution is 0.113. The molecule has 1 aromatic carbocycles. The van der Waals surface area contributed by atoms with E-state index in [1.165, 1.54) is 16.4 Å². The number of sulfonamides is 1. The van der Waals surface area contributed by atoms with Crippen LogP contribution in [0.15, 0.2) is 29.2 Å². The molecule has 0 bridgehead atoms. The average Bonchev–Trinajstić information content (AvgIpc) is 2.38. The van der Waals surface area contributed by atoms with E-state index in [2.05, 4.69) is 0 Å². The van der Waals surface area contributed by atoms with Gasteiger partial charge in [0.15, 0.2) is 0 Å². The van der Waals surface area contributed by atoms with Gasteiger partial charge in [-0.25, -0.2) is 8.42 Å². The maximum atomic E-state index is 12.6. The van der Waals surface area contributed by atoms with Gasteiger partial charge in [-0.15, -0.1) is 0 Å². The zero-order valence-corrected chi connectivity index (χ0v) is 12.4. The highest BCUT2D eigenvalue weighted by atomic mass is 35.5. The van der Waals surface area contributed by atoms with Crippen LogP contribution in [0.5, 0.6) is 0 Å². The summed E-state index contributed by atoms with van der Waals surface area (Å²) in [5, 5.41) is 9.86. The summed E-state index contributed by atoms with van der Waals surface area (Å²) in [5.41, 5.74) is 0. The van der Waals surface area contributed by atoms with E-state index in [9.17, 15) is 13.5 Å². The van der Waals surface area contributed by atoms with Crippen LogP contribution in [0.1, 0.15) is 19.8 Å². The molecule has 1 N–H and O–H groups in total. The summed E-state index contributed by atoms with van der Waals surface area (Å²) in [5.74, 6) is 0.160. The van der Waals surface area contributed by atoms with E-state index in [1.54, 1.807) is 12.1 Å². The van der Waals surface area contributed by atoms with E-state index in [4.69, 9.17) is 11.6 Å². The first-order valence-electron chi connectivity index (χ1n) is 6.35. The molecule has 0 saturated carbocycles. The topological polar surface area (TPSA) is 57.6 Å². The first kappa shape index (κ1) is 14.8. The molecule has 0 aliphatic carbocycles. The summed E-state index contributed by atoms with van der Waals surface area (Å²) < 4.78 is 26.6. The van der Waals surface area contributed by atoms with Gasteiger partial charge in [-0.3, -0.25) is 0 Å². The van der Waals surface area contributed by atoms with Crippen molar-refractivity contribution in [3.05, 3.63) is 29.3 Å². The molecule has 1 aliphatic rings. The molecule has 2 atom stereocenters. The minimum Gasteiger partial charge on any atom is -0.395 e. The maximum Gasteiger partial charge on any atom is 0.243 e.